The van der Waals surface area contributed by atoms with Crippen LogP contribution in [-0.2, 0) is 4.79 Å². The zero-order valence-electron chi connectivity index (χ0n) is 5.79. The predicted molar refractivity (Wildman–Crippen MR) is 40.3 cm³/mol. The molecule has 58 valence electrons. The molecule has 0 saturated carbocycles. The fourth-order valence-electron chi connectivity index (χ4n) is 0.792. The van der Waals surface area contributed by atoms with Gasteiger partial charge < -0.3 is 16.2 Å². The summed E-state index contributed by atoms with van der Waals surface area (Å²) in [6.07, 6.45) is 3.08. The van der Waals surface area contributed by atoms with Gasteiger partial charge in [0.2, 0.25) is 0 Å². The summed E-state index contributed by atoms with van der Waals surface area (Å²) >= 11 is 0. The number of carboxylic acids is 1. The number of carbonyl (C=O) groups is 1. The molecule has 0 atom stereocenters. The molecule has 0 aromatic heterocycles. The fraction of sp³-hybridized carbons (Fsp3) is 0.143. The van der Waals surface area contributed by atoms with Crippen LogP contribution in [0.1, 0.15) is 6.42 Å². The van der Waals surface area contributed by atoms with E-state index in [2.05, 4.69) is 0 Å². The first-order chi connectivity index (χ1) is 5.11. The second kappa shape index (κ2) is 2.57. The molecule has 0 aromatic rings. The van der Waals surface area contributed by atoms with Crippen LogP contribution in [0.25, 0.3) is 0 Å². The third kappa shape index (κ3) is 1.46. The Hall–Kier alpha value is -1.58. The van der Waals surface area contributed by atoms with E-state index in [1.165, 1.54) is 12.2 Å². The van der Waals surface area contributed by atoms with Crippen molar-refractivity contribution in [3.63, 3.8) is 0 Å². The van der Waals surface area contributed by atoms with Crippen LogP contribution in [-0.4, -0.2) is 16.8 Å². The van der Waals surface area contributed by atoms with Gasteiger partial charge in [-0.25, -0.2) is 4.79 Å². The van der Waals surface area contributed by atoms with Crippen LogP contribution in [0.2, 0.25) is 0 Å². The van der Waals surface area contributed by atoms with E-state index in [0.29, 0.717) is 6.42 Å². The predicted octanol–water partition coefficient (Wildman–Crippen LogP) is 0.263. The summed E-state index contributed by atoms with van der Waals surface area (Å²) in [5.41, 5.74) is 6.02. The van der Waals surface area contributed by atoms with Crippen LogP contribution in [0.5, 0.6) is 0 Å². The SMILES string of the molecule is N=C1CC=C(C(=O)O)C=C1N. The van der Waals surface area contributed by atoms with Crippen LogP contribution in [0, 0.1) is 5.41 Å². The number of aliphatic carboxylic acids is 1. The van der Waals surface area contributed by atoms with E-state index in [1.54, 1.807) is 0 Å². The number of carboxylic acid groups (broad SMARTS) is 1. The van der Waals surface area contributed by atoms with Gasteiger partial charge in [0.05, 0.1) is 17.0 Å². The van der Waals surface area contributed by atoms with Crippen LogP contribution >= 0.6 is 0 Å². The molecule has 0 aliphatic heterocycles. The molecule has 1 aliphatic rings. The van der Waals surface area contributed by atoms with Gasteiger partial charge in [-0.3, -0.25) is 0 Å². The van der Waals surface area contributed by atoms with E-state index in [1.807, 2.05) is 0 Å². The first-order valence-corrected chi connectivity index (χ1v) is 3.09. The average molecular weight is 152 g/mol. The average Bonchev–Trinajstić information content (AvgIpc) is 1.94. The Kier molecular flexibility index (Phi) is 1.76. The Labute approximate surface area is 63.5 Å². The van der Waals surface area contributed by atoms with E-state index in [-0.39, 0.29) is 17.0 Å². The lowest BCUT2D eigenvalue weighted by Crippen LogP contribution is -2.15. The molecule has 1 rings (SSSR count). The van der Waals surface area contributed by atoms with Crippen molar-refractivity contribution in [3.05, 3.63) is 23.4 Å². The van der Waals surface area contributed by atoms with Crippen LogP contribution in [0.4, 0.5) is 0 Å². The molecule has 0 aromatic carbocycles. The van der Waals surface area contributed by atoms with E-state index in [0.717, 1.165) is 0 Å². The van der Waals surface area contributed by atoms with Gasteiger partial charge in [-0.2, -0.15) is 0 Å². The lowest BCUT2D eigenvalue weighted by Gasteiger charge is -2.07. The van der Waals surface area contributed by atoms with E-state index < -0.39 is 5.97 Å². The highest BCUT2D eigenvalue weighted by Crippen LogP contribution is 2.10. The summed E-state index contributed by atoms with van der Waals surface area (Å²) < 4.78 is 0. The molecule has 0 unspecified atom stereocenters. The normalized spacial score (nSPS) is 17.3. The summed E-state index contributed by atoms with van der Waals surface area (Å²) in [5, 5.41) is 15.7. The maximum Gasteiger partial charge on any atom is 0.335 e. The lowest BCUT2D eigenvalue weighted by atomic mass is 10.0. The van der Waals surface area contributed by atoms with Gasteiger partial charge in [0.25, 0.3) is 0 Å². The minimum absolute atomic E-state index is 0.165. The van der Waals surface area contributed by atoms with E-state index >= 15 is 0 Å². The first-order valence-electron chi connectivity index (χ1n) is 3.09. The standard InChI is InChI=1S/C7H8N2O2/c8-5-2-1-4(7(10)11)3-6(5)9/h1,3,8H,2,9H2,(H,10,11). The molecule has 0 spiro atoms. The van der Waals surface area contributed by atoms with Crippen molar-refractivity contribution in [3.8, 4) is 0 Å². The zero-order valence-corrected chi connectivity index (χ0v) is 5.79. The minimum atomic E-state index is -1.000. The minimum Gasteiger partial charge on any atom is -0.478 e. The maximum atomic E-state index is 10.4. The summed E-state index contributed by atoms with van der Waals surface area (Å²) in [7, 11) is 0. The molecule has 4 heteroatoms. The second-order valence-corrected chi connectivity index (χ2v) is 2.25. The molecule has 11 heavy (non-hydrogen) atoms. The topological polar surface area (TPSA) is 87.2 Å². The van der Waals surface area contributed by atoms with Gasteiger partial charge >= 0.3 is 5.97 Å². The van der Waals surface area contributed by atoms with Crippen molar-refractivity contribution in [2.45, 2.75) is 6.42 Å². The third-order valence-corrected chi connectivity index (χ3v) is 1.43. The Balaban J connectivity index is 2.91. The first kappa shape index (κ1) is 7.53. The van der Waals surface area contributed by atoms with Crippen molar-refractivity contribution in [2.24, 2.45) is 5.73 Å². The van der Waals surface area contributed by atoms with Gasteiger partial charge in [-0.05, 0) is 6.08 Å². The Morgan fingerprint density at radius 3 is 2.82 bits per heavy atom. The number of hydrogen-bond donors (Lipinski definition) is 3. The van der Waals surface area contributed by atoms with Gasteiger partial charge in [-0.1, -0.05) is 6.08 Å². The smallest absolute Gasteiger partial charge is 0.335 e. The summed E-state index contributed by atoms with van der Waals surface area (Å²) in [6, 6.07) is 0. The molecule has 0 bridgehead atoms. The summed E-state index contributed by atoms with van der Waals surface area (Å²) in [5.74, 6) is -1.000. The number of allylic oxidation sites excluding steroid dienone is 2. The lowest BCUT2D eigenvalue weighted by molar-refractivity contribution is -0.132. The van der Waals surface area contributed by atoms with Crippen molar-refractivity contribution in [1.82, 2.24) is 0 Å². The molecule has 4 N–H and O–H groups in total. The van der Waals surface area contributed by atoms with Crippen molar-refractivity contribution in [1.29, 1.82) is 5.41 Å². The Bertz CT molecular complexity index is 276. The molecular weight excluding hydrogens is 144 g/mol. The van der Waals surface area contributed by atoms with Crippen molar-refractivity contribution >= 4 is 11.7 Å². The van der Waals surface area contributed by atoms with Gasteiger partial charge in [0, 0.05) is 6.42 Å². The molecule has 0 saturated heterocycles. The second-order valence-electron chi connectivity index (χ2n) is 2.25. The van der Waals surface area contributed by atoms with E-state index in [4.69, 9.17) is 16.2 Å². The van der Waals surface area contributed by atoms with Crippen LogP contribution < -0.4 is 5.73 Å². The largest absolute Gasteiger partial charge is 0.478 e. The fourth-order valence-corrected chi connectivity index (χ4v) is 0.792. The molecular formula is C7H8N2O2. The number of rotatable bonds is 1. The van der Waals surface area contributed by atoms with Crippen molar-refractivity contribution in [2.75, 3.05) is 0 Å². The highest BCUT2D eigenvalue weighted by atomic mass is 16.4. The molecule has 1 aliphatic carbocycles. The zero-order chi connectivity index (χ0) is 8.43. The van der Waals surface area contributed by atoms with Crippen LogP contribution in [0.15, 0.2) is 23.4 Å². The number of nitrogens with one attached hydrogen (secondary N) is 1. The van der Waals surface area contributed by atoms with Gasteiger partial charge in [-0.15, -0.1) is 0 Å². The van der Waals surface area contributed by atoms with E-state index in [9.17, 15) is 4.79 Å². The molecule has 0 radical (unpaired) electrons. The Morgan fingerprint density at radius 2 is 2.36 bits per heavy atom. The summed E-state index contributed by atoms with van der Waals surface area (Å²) in [4.78, 5) is 10.4. The maximum absolute atomic E-state index is 10.4. The third-order valence-electron chi connectivity index (χ3n) is 1.43. The quantitative estimate of drug-likeness (QED) is 0.503. The molecule has 0 heterocycles. The van der Waals surface area contributed by atoms with Crippen molar-refractivity contribution < 1.29 is 9.90 Å². The number of nitrogens with two attached hydrogens (primary N) is 1. The van der Waals surface area contributed by atoms with Crippen LogP contribution in [0.3, 0.4) is 0 Å². The molecule has 4 nitrogen and oxygen atoms in total. The summed E-state index contributed by atoms with van der Waals surface area (Å²) in [6.45, 7) is 0. The van der Waals surface area contributed by atoms with Gasteiger partial charge in [0.15, 0.2) is 0 Å². The monoisotopic (exact) mass is 152 g/mol. The molecule has 0 fully saturated rings. The highest BCUT2D eigenvalue weighted by Gasteiger charge is 2.11. The molecule has 0 amide bonds. The Morgan fingerprint density at radius 1 is 1.73 bits per heavy atom. The highest BCUT2D eigenvalue weighted by molar-refractivity contribution is 6.03. The van der Waals surface area contributed by atoms with Gasteiger partial charge in [0.1, 0.15) is 0 Å². The number of hydrogen-bond acceptors (Lipinski definition) is 3.